The molecule has 3 heterocycles. The van der Waals surface area contributed by atoms with E-state index in [1.54, 1.807) is 33.7 Å². The quantitative estimate of drug-likeness (QED) is 0.310. The first-order valence-corrected chi connectivity index (χ1v) is 15.7. The predicted octanol–water partition coefficient (Wildman–Crippen LogP) is 4.28. The molecule has 0 radical (unpaired) electrons. The molecule has 0 aliphatic carbocycles. The van der Waals surface area contributed by atoms with E-state index >= 15 is 0 Å². The smallest absolute Gasteiger partial charge is 0.247 e. The summed E-state index contributed by atoms with van der Waals surface area (Å²) < 4.78 is 4.42. The average molecular weight is 584 g/mol. The summed E-state index contributed by atoms with van der Waals surface area (Å²) in [6.07, 6.45) is 7.05. The Morgan fingerprint density at radius 1 is 1.12 bits per heavy atom. The van der Waals surface area contributed by atoms with E-state index in [9.17, 15) is 19.5 Å². The summed E-state index contributed by atoms with van der Waals surface area (Å²) in [5.74, 6) is -0.816. The minimum atomic E-state index is -0.691. The van der Waals surface area contributed by atoms with E-state index in [-0.39, 0.29) is 30.9 Å². The van der Waals surface area contributed by atoms with E-state index in [4.69, 9.17) is 4.74 Å². The molecule has 1 spiro atoms. The van der Waals surface area contributed by atoms with Crippen molar-refractivity contribution in [1.29, 1.82) is 0 Å². The van der Waals surface area contributed by atoms with Crippen molar-refractivity contribution in [2.75, 3.05) is 44.3 Å². The van der Waals surface area contributed by atoms with Crippen molar-refractivity contribution in [1.82, 2.24) is 9.80 Å². The lowest BCUT2D eigenvalue weighted by Crippen LogP contribution is -2.55. The fraction of sp³-hybridized carbons (Fsp3) is 0.594. The zero-order chi connectivity index (χ0) is 29.8. The number of amides is 3. The molecule has 224 valence electrons. The first-order valence-electron chi connectivity index (χ1n) is 14.9. The molecule has 0 saturated carbocycles. The molecule has 3 amide bonds. The van der Waals surface area contributed by atoms with Gasteiger partial charge in [-0.05, 0) is 63.8 Å². The maximum atomic E-state index is 14.5. The molecule has 0 aromatic heterocycles. The lowest BCUT2D eigenvalue weighted by Gasteiger charge is -2.38. The van der Waals surface area contributed by atoms with E-state index in [1.165, 1.54) is 0 Å². The van der Waals surface area contributed by atoms with Crippen LogP contribution in [-0.2, 0) is 14.4 Å². The average Bonchev–Trinajstić information content (AvgIpc) is 3.53. The number of fused-ring (bicyclic) bond motifs is 1. The molecule has 3 fully saturated rings. The van der Waals surface area contributed by atoms with Gasteiger partial charge in [-0.25, -0.2) is 0 Å². The van der Waals surface area contributed by atoms with Gasteiger partial charge in [-0.3, -0.25) is 14.4 Å². The highest BCUT2D eigenvalue weighted by Crippen LogP contribution is 2.71. The van der Waals surface area contributed by atoms with Crippen LogP contribution < -0.4 is 9.64 Å². The number of hydrogen-bond donors (Lipinski definition) is 1. The number of thioether (sulfide) groups is 1. The van der Waals surface area contributed by atoms with E-state index in [1.807, 2.05) is 36.1 Å². The van der Waals surface area contributed by atoms with E-state index < -0.39 is 27.4 Å². The zero-order valence-electron chi connectivity index (χ0n) is 24.7. The second kappa shape index (κ2) is 13.0. The lowest BCUT2D eigenvalue weighted by molar-refractivity contribution is -0.143. The molecular weight excluding hydrogens is 538 g/mol. The molecule has 2 unspecified atom stereocenters. The largest absolute Gasteiger partial charge is 0.494 e. The molecular formula is C32H45N3O5S. The Kier molecular flexibility index (Phi) is 9.90. The van der Waals surface area contributed by atoms with Crippen molar-refractivity contribution in [2.45, 2.75) is 68.4 Å². The Bertz CT molecular complexity index is 1140. The number of aliphatic hydroxyl groups is 1. The molecule has 1 N–H and O–H groups in total. The highest BCUT2D eigenvalue weighted by molar-refractivity contribution is 8.02. The van der Waals surface area contributed by atoms with Gasteiger partial charge in [-0.15, -0.1) is 24.9 Å². The summed E-state index contributed by atoms with van der Waals surface area (Å²) in [5, 5.41) is 9.64. The Morgan fingerprint density at radius 2 is 1.83 bits per heavy atom. The first-order chi connectivity index (χ1) is 19.7. The number of likely N-dealkylation sites (tertiary alicyclic amines) is 1. The van der Waals surface area contributed by atoms with Crippen LogP contribution in [0.3, 0.4) is 0 Å². The number of benzene rings is 1. The summed E-state index contributed by atoms with van der Waals surface area (Å²) in [5.41, 5.74) is 0.718. The third kappa shape index (κ3) is 5.55. The van der Waals surface area contributed by atoms with Crippen molar-refractivity contribution < 1.29 is 24.2 Å². The molecule has 5 atom stereocenters. The summed E-state index contributed by atoms with van der Waals surface area (Å²) in [6, 6.07) is 6.74. The summed E-state index contributed by atoms with van der Waals surface area (Å²) in [6.45, 7) is 15.9. The number of hydrogen-bond acceptors (Lipinski definition) is 6. The van der Waals surface area contributed by atoms with Crippen LogP contribution in [0.1, 0.15) is 52.9 Å². The van der Waals surface area contributed by atoms with Gasteiger partial charge in [0.25, 0.3) is 0 Å². The predicted molar refractivity (Wildman–Crippen MR) is 164 cm³/mol. The number of rotatable bonds is 15. The minimum absolute atomic E-state index is 0.0768. The maximum Gasteiger partial charge on any atom is 0.247 e. The summed E-state index contributed by atoms with van der Waals surface area (Å²) in [4.78, 5) is 48.3. The molecule has 41 heavy (non-hydrogen) atoms. The second-order valence-corrected chi connectivity index (χ2v) is 13.3. The van der Waals surface area contributed by atoms with Crippen LogP contribution in [0.5, 0.6) is 5.75 Å². The van der Waals surface area contributed by atoms with Crippen molar-refractivity contribution in [3.63, 3.8) is 0 Å². The van der Waals surface area contributed by atoms with Gasteiger partial charge in [0.1, 0.15) is 11.8 Å². The van der Waals surface area contributed by atoms with E-state index in [0.29, 0.717) is 39.1 Å². The Morgan fingerprint density at radius 3 is 2.44 bits per heavy atom. The molecule has 3 aliphatic rings. The van der Waals surface area contributed by atoms with E-state index in [0.717, 1.165) is 30.7 Å². The Hall–Kier alpha value is -2.78. The van der Waals surface area contributed by atoms with Crippen molar-refractivity contribution in [3.05, 3.63) is 49.6 Å². The topological polar surface area (TPSA) is 90.4 Å². The highest BCUT2D eigenvalue weighted by Gasteiger charge is 2.77. The van der Waals surface area contributed by atoms with Crippen molar-refractivity contribution in [3.8, 4) is 5.75 Å². The van der Waals surface area contributed by atoms with Crippen LogP contribution in [-0.4, -0.2) is 87.6 Å². The van der Waals surface area contributed by atoms with Gasteiger partial charge in [-0.1, -0.05) is 25.5 Å². The van der Waals surface area contributed by atoms with Crippen LogP contribution >= 0.6 is 11.8 Å². The zero-order valence-corrected chi connectivity index (χ0v) is 25.5. The van der Waals surface area contributed by atoms with Crippen molar-refractivity contribution in [2.24, 2.45) is 11.8 Å². The van der Waals surface area contributed by atoms with Crippen LogP contribution in [0.4, 0.5) is 5.69 Å². The van der Waals surface area contributed by atoms with Gasteiger partial charge in [-0.2, -0.15) is 0 Å². The minimum Gasteiger partial charge on any atom is -0.494 e. The van der Waals surface area contributed by atoms with Crippen LogP contribution in [0.15, 0.2) is 49.6 Å². The summed E-state index contributed by atoms with van der Waals surface area (Å²) >= 11 is 1.67. The third-order valence-electron chi connectivity index (χ3n) is 8.81. The standard InChI is InChI=1S/C32H45N3O5S/c1-6-10-20-33(18-7-2)30(39)27-32-17-16-31(5,41-32)25(26(32)29(38)35(27)21-11-22-36)28(37)34(19-8-3)23-12-14-24(15-13-23)40-9-4/h7-8,12-15,25-27,36H,2-3,6,9-11,16-22H2,1,4-5H3/t25-,26-,27?,31+,32?/m0/s1. The monoisotopic (exact) mass is 583 g/mol. The van der Waals surface area contributed by atoms with Gasteiger partial charge in [0.2, 0.25) is 17.7 Å². The first kappa shape index (κ1) is 31.2. The molecule has 2 bridgehead atoms. The van der Waals surface area contributed by atoms with Crippen LogP contribution in [0.25, 0.3) is 0 Å². The number of unbranched alkanes of at least 4 members (excludes halogenated alkanes) is 1. The number of carbonyl (C=O) groups excluding carboxylic acids is 3. The molecule has 1 aromatic rings. The molecule has 4 rings (SSSR count). The van der Waals surface area contributed by atoms with E-state index in [2.05, 4.69) is 27.0 Å². The Labute approximate surface area is 248 Å². The Balaban J connectivity index is 1.74. The second-order valence-electron chi connectivity index (χ2n) is 11.4. The number of nitrogens with zero attached hydrogens (tertiary/aromatic N) is 3. The number of anilines is 1. The number of carbonyl (C=O) groups is 3. The maximum absolute atomic E-state index is 14.5. The molecule has 9 heteroatoms. The SMILES string of the molecule is C=CCN(CCCC)C(=O)C1N(CCCO)C(=O)[C@@H]2[C@@H](C(=O)N(CC=C)c3ccc(OCC)cc3)[C@@]3(C)CCC12S3. The molecule has 8 nitrogen and oxygen atoms in total. The number of ether oxygens (including phenoxy) is 1. The van der Waals surface area contributed by atoms with Gasteiger partial charge in [0.15, 0.2) is 0 Å². The molecule has 3 saturated heterocycles. The fourth-order valence-corrected chi connectivity index (χ4v) is 9.38. The molecule has 3 aliphatic heterocycles. The lowest BCUT2D eigenvalue weighted by atomic mass is 9.66. The van der Waals surface area contributed by atoms with Crippen LogP contribution in [0.2, 0.25) is 0 Å². The van der Waals surface area contributed by atoms with Crippen molar-refractivity contribution >= 4 is 35.2 Å². The van der Waals surface area contributed by atoms with Crippen LogP contribution in [0, 0.1) is 11.8 Å². The third-order valence-corrected chi connectivity index (χ3v) is 10.8. The van der Waals surface area contributed by atoms with Gasteiger partial charge < -0.3 is 24.5 Å². The highest BCUT2D eigenvalue weighted by atomic mass is 32.2. The normalized spacial score (nSPS) is 28.0. The van der Waals surface area contributed by atoms with Gasteiger partial charge in [0.05, 0.1) is 23.2 Å². The number of aliphatic hydroxyl groups excluding tert-OH is 1. The summed E-state index contributed by atoms with van der Waals surface area (Å²) in [7, 11) is 0. The molecule has 1 aromatic carbocycles. The van der Waals surface area contributed by atoms with Gasteiger partial charge in [0, 0.05) is 43.2 Å². The van der Waals surface area contributed by atoms with Gasteiger partial charge >= 0.3 is 0 Å². The fourth-order valence-electron chi connectivity index (χ4n) is 7.04.